The molecule has 0 spiro atoms. The van der Waals surface area contributed by atoms with E-state index in [2.05, 4.69) is 48.2 Å². The number of benzene rings is 1. The van der Waals surface area contributed by atoms with Crippen molar-refractivity contribution in [3.8, 4) is 11.5 Å². The number of halogens is 1. The maximum Gasteiger partial charge on any atom is 0.195 e. The predicted octanol–water partition coefficient (Wildman–Crippen LogP) is 3.43. The molecule has 1 aromatic carbocycles. The highest BCUT2D eigenvalue weighted by molar-refractivity contribution is 14.0. The molecule has 144 valence electrons. The topological polar surface area (TPSA) is 58.1 Å². The third kappa shape index (κ3) is 7.68. The van der Waals surface area contributed by atoms with E-state index >= 15 is 0 Å². The fourth-order valence-electron chi connectivity index (χ4n) is 2.65. The van der Waals surface area contributed by atoms with Gasteiger partial charge in [0.1, 0.15) is 0 Å². The molecule has 0 amide bonds. The van der Waals surface area contributed by atoms with Gasteiger partial charge < -0.3 is 20.1 Å². The highest BCUT2D eigenvalue weighted by Crippen LogP contribution is 2.29. The quantitative estimate of drug-likeness (QED) is 0.351. The Labute approximate surface area is 169 Å². The Morgan fingerprint density at radius 1 is 1.08 bits per heavy atom. The van der Waals surface area contributed by atoms with Crippen molar-refractivity contribution in [1.29, 1.82) is 0 Å². The van der Waals surface area contributed by atoms with Crippen LogP contribution >= 0.6 is 24.0 Å². The Balaban J connectivity index is 0.00000576. The minimum Gasteiger partial charge on any atom is -0.493 e. The highest BCUT2D eigenvalue weighted by atomic mass is 127. The van der Waals surface area contributed by atoms with Gasteiger partial charge in [-0.05, 0) is 39.8 Å². The van der Waals surface area contributed by atoms with Crippen LogP contribution in [0.3, 0.4) is 0 Å². The van der Waals surface area contributed by atoms with Gasteiger partial charge in [-0.25, -0.2) is 0 Å². The molecule has 0 unspecified atom stereocenters. The van der Waals surface area contributed by atoms with Gasteiger partial charge >= 0.3 is 0 Å². The summed E-state index contributed by atoms with van der Waals surface area (Å²) in [6.45, 7) is 10.7. The highest BCUT2D eigenvalue weighted by Gasteiger charge is 2.13. The number of hydrogen-bond donors (Lipinski definition) is 2. The predicted molar refractivity (Wildman–Crippen MR) is 117 cm³/mol. The molecule has 2 N–H and O–H groups in total. The second-order valence-corrected chi connectivity index (χ2v) is 6.12. The number of nitrogens with zero attached hydrogens (tertiary/aromatic N) is 2. The summed E-state index contributed by atoms with van der Waals surface area (Å²) in [6.07, 6.45) is 0. The van der Waals surface area contributed by atoms with E-state index in [1.807, 2.05) is 18.2 Å². The minimum atomic E-state index is 0. The second kappa shape index (κ2) is 12.2. The van der Waals surface area contributed by atoms with Gasteiger partial charge in [-0.1, -0.05) is 0 Å². The lowest BCUT2D eigenvalue weighted by Gasteiger charge is -2.30. The Morgan fingerprint density at radius 3 is 2.16 bits per heavy atom. The minimum absolute atomic E-state index is 0. The number of nitrogens with one attached hydrogen (secondary N) is 2. The van der Waals surface area contributed by atoms with Gasteiger partial charge in [-0.15, -0.1) is 24.0 Å². The number of aliphatic imine (C=N–C) groups is 1. The zero-order valence-electron chi connectivity index (χ0n) is 16.4. The van der Waals surface area contributed by atoms with E-state index in [-0.39, 0.29) is 24.0 Å². The molecule has 0 radical (unpaired) electrons. The van der Waals surface area contributed by atoms with E-state index in [9.17, 15) is 0 Å². The molecule has 0 aliphatic carbocycles. The normalized spacial score (nSPS) is 11.5. The van der Waals surface area contributed by atoms with Gasteiger partial charge in [-0.2, -0.15) is 0 Å². The first kappa shape index (κ1) is 23.8. The molecule has 0 heterocycles. The van der Waals surface area contributed by atoms with Crippen LogP contribution in [0.1, 0.15) is 27.7 Å². The van der Waals surface area contributed by atoms with Crippen LogP contribution < -0.4 is 20.1 Å². The number of methoxy groups -OCH3 is 2. The van der Waals surface area contributed by atoms with E-state index in [0.717, 1.165) is 24.7 Å². The monoisotopic (exact) mass is 464 g/mol. The van der Waals surface area contributed by atoms with Crippen molar-refractivity contribution in [2.45, 2.75) is 39.8 Å². The lowest BCUT2D eigenvalue weighted by atomic mass is 10.2. The van der Waals surface area contributed by atoms with Crippen molar-refractivity contribution in [2.24, 2.45) is 4.99 Å². The summed E-state index contributed by atoms with van der Waals surface area (Å²) in [5.41, 5.74) is 0.894. The molecule has 7 heteroatoms. The lowest BCUT2D eigenvalue weighted by molar-refractivity contribution is 0.178. The summed E-state index contributed by atoms with van der Waals surface area (Å²) >= 11 is 0. The van der Waals surface area contributed by atoms with E-state index in [1.54, 1.807) is 21.3 Å². The van der Waals surface area contributed by atoms with Crippen LogP contribution in [-0.2, 0) is 0 Å². The third-order valence-electron chi connectivity index (χ3n) is 3.86. The van der Waals surface area contributed by atoms with Gasteiger partial charge in [0.05, 0.1) is 14.2 Å². The molecule has 0 bridgehead atoms. The number of rotatable bonds is 8. The van der Waals surface area contributed by atoms with Crippen LogP contribution in [-0.4, -0.2) is 57.3 Å². The summed E-state index contributed by atoms with van der Waals surface area (Å²) in [5.74, 6) is 2.12. The van der Waals surface area contributed by atoms with Crippen molar-refractivity contribution in [1.82, 2.24) is 10.2 Å². The van der Waals surface area contributed by atoms with Crippen molar-refractivity contribution in [3.05, 3.63) is 18.2 Å². The van der Waals surface area contributed by atoms with Gasteiger partial charge in [0.25, 0.3) is 0 Å². The van der Waals surface area contributed by atoms with Crippen molar-refractivity contribution in [3.63, 3.8) is 0 Å². The van der Waals surface area contributed by atoms with E-state index in [1.165, 1.54) is 0 Å². The maximum atomic E-state index is 5.33. The largest absolute Gasteiger partial charge is 0.493 e. The molecular formula is C18H33IN4O2. The Hall–Kier alpha value is -1.22. The van der Waals surface area contributed by atoms with Crippen molar-refractivity contribution >= 4 is 35.6 Å². The smallest absolute Gasteiger partial charge is 0.195 e. The van der Waals surface area contributed by atoms with Crippen molar-refractivity contribution < 1.29 is 9.47 Å². The number of guanidine groups is 1. The van der Waals surface area contributed by atoms with Crippen LogP contribution in [0.25, 0.3) is 0 Å². The Kier molecular flexibility index (Phi) is 11.6. The number of anilines is 1. The molecule has 25 heavy (non-hydrogen) atoms. The summed E-state index contributed by atoms with van der Waals surface area (Å²) < 4.78 is 10.6. The second-order valence-electron chi connectivity index (χ2n) is 6.12. The van der Waals surface area contributed by atoms with E-state index < -0.39 is 0 Å². The summed E-state index contributed by atoms with van der Waals surface area (Å²) in [7, 11) is 5.01. The van der Waals surface area contributed by atoms with Gasteiger partial charge in [0, 0.05) is 44.0 Å². The average Bonchev–Trinajstić information content (AvgIpc) is 2.56. The molecule has 1 rings (SSSR count). The molecule has 6 nitrogen and oxygen atoms in total. The molecule has 0 saturated heterocycles. The van der Waals surface area contributed by atoms with Crippen molar-refractivity contribution in [2.75, 3.05) is 39.7 Å². The lowest BCUT2D eigenvalue weighted by Crippen LogP contribution is -2.43. The Bertz CT molecular complexity index is 528. The molecule has 1 aromatic rings. The molecular weight excluding hydrogens is 431 g/mol. The molecule has 0 atom stereocenters. The molecule has 0 aliphatic heterocycles. The molecule has 0 aliphatic rings. The third-order valence-corrected chi connectivity index (χ3v) is 3.86. The summed E-state index contributed by atoms with van der Waals surface area (Å²) in [4.78, 5) is 6.71. The van der Waals surface area contributed by atoms with Gasteiger partial charge in [-0.3, -0.25) is 9.89 Å². The zero-order chi connectivity index (χ0) is 18.1. The van der Waals surface area contributed by atoms with E-state index in [0.29, 0.717) is 23.6 Å². The fourth-order valence-corrected chi connectivity index (χ4v) is 2.65. The SMILES string of the molecule is CN=C(NCCN(C(C)C)C(C)C)Nc1ccc(OC)c(OC)c1.I. The average molecular weight is 464 g/mol. The molecule has 0 saturated carbocycles. The summed E-state index contributed by atoms with van der Waals surface area (Å²) in [6, 6.07) is 6.73. The van der Waals surface area contributed by atoms with E-state index in [4.69, 9.17) is 9.47 Å². The Morgan fingerprint density at radius 2 is 1.68 bits per heavy atom. The van der Waals surface area contributed by atoms with Crippen LogP contribution in [0.4, 0.5) is 5.69 Å². The van der Waals surface area contributed by atoms with Gasteiger partial charge in [0.2, 0.25) is 0 Å². The van der Waals surface area contributed by atoms with Gasteiger partial charge in [0.15, 0.2) is 17.5 Å². The first-order chi connectivity index (χ1) is 11.4. The zero-order valence-corrected chi connectivity index (χ0v) is 18.8. The fraction of sp³-hybridized carbons (Fsp3) is 0.611. The number of ether oxygens (including phenoxy) is 2. The summed E-state index contributed by atoms with van der Waals surface area (Å²) in [5, 5.41) is 6.62. The molecule has 0 fully saturated rings. The van der Waals surface area contributed by atoms with Crippen LogP contribution in [0, 0.1) is 0 Å². The first-order valence-corrected chi connectivity index (χ1v) is 8.38. The van der Waals surface area contributed by atoms with Crippen LogP contribution in [0.15, 0.2) is 23.2 Å². The first-order valence-electron chi connectivity index (χ1n) is 8.38. The molecule has 0 aromatic heterocycles. The number of hydrogen-bond acceptors (Lipinski definition) is 4. The van der Waals surface area contributed by atoms with Crippen LogP contribution in [0.5, 0.6) is 11.5 Å². The van der Waals surface area contributed by atoms with Crippen LogP contribution in [0.2, 0.25) is 0 Å². The maximum absolute atomic E-state index is 5.33. The standard InChI is InChI=1S/C18H32N4O2.HI/c1-13(2)22(14(3)4)11-10-20-18(19-5)21-15-8-9-16(23-6)17(12-15)24-7;/h8-9,12-14H,10-11H2,1-7H3,(H2,19,20,21);1H.